The highest BCUT2D eigenvalue weighted by Gasteiger charge is 2.37. The fourth-order valence-corrected chi connectivity index (χ4v) is 3.06. The van der Waals surface area contributed by atoms with Crippen molar-refractivity contribution < 1.29 is 27.8 Å². The predicted molar refractivity (Wildman–Crippen MR) is 91.9 cm³/mol. The van der Waals surface area contributed by atoms with E-state index in [4.69, 9.17) is 16.3 Å². The van der Waals surface area contributed by atoms with Gasteiger partial charge in [0.2, 0.25) is 5.88 Å². The summed E-state index contributed by atoms with van der Waals surface area (Å²) in [5.41, 5.74) is -1.65. The van der Waals surface area contributed by atoms with E-state index in [1.165, 1.54) is 11.1 Å². The molecule has 0 aliphatic carbocycles. The second kappa shape index (κ2) is 7.64. The average molecular weight is 401 g/mol. The maximum absolute atomic E-state index is 13.2. The Morgan fingerprint density at radius 2 is 2.07 bits per heavy atom. The summed E-state index contributed by atoms with van der Waals surface area (Å²) in [5.74, 6) is -0.871. The predicted octanol–water partition coefficient (Wildman–Crippen LogP) is 4.14. The molecule has 1 aromatic heterocycles. The van der Waals surface area contributed by atoms with Crippen molar-refractivity contribution in [1.82, 2.24) is 9.88 Å². The Balaban J connectivity index is 1.77. The lowest BCUT2D eigenvalue weighted by Gasteiger charge is -2.33. The zero-order valence-corrected chi connectivity index (χ0v) is 14.8. The molecular formula is C18H16ClF3N2O3. The molecule has 1 N–H and O–H groups in total. The van der Waals surface area contributed by atoms with E-state index in [1.807, 2.05) is 0 Å². The van der Waals surface area contributed by atoms with Gasteiger partial charge in [0.1, 0.15) is 11.9 Å². The molecule has 5 nitrogen and oxygen atoms in total. The van der Waals surface area contributed by atoms with Crippen LogP contribution in [0.1, 0.15) is 28.8 Å². The Kier molecular flexibility index (Phi) is 5.46. The Labute approximate surface area is 158 Å². The average Bonchev–Trinajstić information content (AvgIpc) is 2.62. The number of carbonyl (C=O) groups is 1. The van der Waals surface area contributed by atoms with E-state index in [9.17, 15) is 23.1 Å². The van der Waals surface area contributed by atoms with Crippen molar-refractivity contribution in [2.75, 3.05) is 13.1 Å². The highest BCUT2D eigenvalue weighted by atomic mass is 35.5. The number of benzene rings is 1. The number of hydrogen-bond acceptors (Lipinski definition) is 4. The number of pyridine rings is 1. The van der Waals surface area contributed by atoms with Crippen molar-refractivity contribution in [2.24, 2.45) is 0 Å². The minimum Gasteiger partial charge on any atom is -0.508 e. The fraction of sp³-hybridized carbons (Fsp3) is 0.333. The molecule has 27 heavy (non-hydrogen) atoms. The van der Waals surface area contributed by atoms with Crippen molar-refractivity contribution in [3.63, 3.8) is 0 Å². The van der Waals surface area contributed by atoms with Crippen molar-refractivity contribution in [2.45, 2.75) is 25.1 Å². The van der Waals surface area contributed by atoms with E-state index in [1.54, 1.807) is 12.1 Å². The Morgan fingerprint density at radius 1 is 1.30 bits per heavy atom. The molecule has 2 aromatic rings. The molecule has 3 rings (SSSR count). The molecule has 1 unspecified atom stereocenters. The van der Waals surface area contributed by atoms with Gasteiger partial charge < -0.3 is 14.7 Å². The topological polar surface area (TPSA) is 62.7 Å². The lowest BCUT2D eigenvalue weighted by atomic mass is 10.0. The summed E-state index contributed by atoms with van der Waals surface area (Å²) in [7, 11) is 0. The first kappa shape index (κ1) is 19.3. The number of nitrogens with zero attached hydrogens (tertiary/aromatic N) is 2. The van der Waals surface area contributed by atoms with Gasteiger partial charge in [-0.1, -0.05) is 11.6 Å². The standard InChI is InChI=1S/C18H16ClF3N2O3/c19-11-3-6-16(23-9-11)27-13-2-1-7-24(10-13)17(26)14-8-12(25)4-5-15(14)18(20,21)22/h3-6,8-9,13,25H,1-2,7,10H2. The van der Waals surface area contributed by atoms with Gasteiger partial charge in [-0.3, -0.25) is 4.79 Å². The third kappa shape index (κ3) is 4.63. The van der Waals surface area contributed by atoms with Gasteiger partial charge in [0.25, 0.3) is 5.91 Å². The number of amides is 1. The molecule has 1 saturated heterocycles. The summed E-state index contributed by atoms with van der Waals surface area (Å²) in [6.07, 6.45) is -2.46. The number of rotatable bonds is 3. The molecular weight excluding hydrogens is 385 g/mol. The van der Waals surface area contributed by atoms with Crippen LogP contribution in [0.4, 0.5) is 13.2 Å². The first-order valence-electron chi connectivity index (χ1n) is 8.22. The van der Waals surface area contributed by atoms with Crippen molar-refractivity contribution in [1.29, 1.82) is 0 Å². The lowest BCUT2D eigenvalue weighted by Crippen LogP contribution is -2.44. The summed E-state index contributed by atoms with van der Waals surface area (Å²) in [4.78, 5) is 18.0. The van der Waals surface area contributed by atoms with E-state index >= 15 is 0 Å². The van der Waals surface area contributed by atoms with Crippen LogP contribution in [0.3, 0.4) is 0 Å². The second-order valence-corrected chi connectivity index (χ2v) is 6.61. The number of ether oxygens (including phenoxy) is 1. The minimum absolute atomic E-state index is 0.121. The van der Waals surface area contributed by atoms with Gasteiger partial charge in [-0.15, -0.1) is 0 Å². The van der Waals surface area contributed by atoms with Crippen LogP contribution in [0.2, 0.25) is 5.02 Å². The van der Waals surface area contributed by atoms with Gasteiger partial charge in [-0.05, 0) is 37.1 Å². The molecule has 0 spiro atoms. The van der Waals surface area contributed by atoms with Gasteiger partial charge in [0.05, 0.1) is 22.7 Å². The Bertz CT molecular complexity index is 828. The van der Waals surface area contributed by atoms with Gasteiger partial charge in [-0.2, -0.15) is 13.2 Å². The molecule has 0 radical (unpaired) electrons. The molecule has 1 amide bonds. The second-order valence-electron chi connectivity index (χ2n) is 6.18. The maximum atomic E-state index is 13.2. The zero-order valence-electron chi connectivity index (χ0n) is 14.0. The molecule has 1 aliphatic heterocycles. The number of phenols is 1. The number of phenolic OH excluding ortho intramolecular Hbond substituents is 1. The summed E-state index contributed by atoms with van der Waals surface area (Å²) in [5, 5.41) is 9.99. The molecule has 144 valence electrons. The van der Waals surface area contributed by atoms with Gasteiger partial charge in [0, 0.05) is 18.8 Å². The maximum Gasteiger partial charge on any atom is 0.417 e. The summed E-state index contributed by atoms with van der Waals surface area (Å²) >= 11 is 5.77. The van der Waals surface area contributed by atoms with E-state index in [2.05, 4.69) is 4.98 Å². The van der Waals surface area contributed by atoms with Crippen LogP contribution < -0.4 is 4.74 Å². The number of likely N-dealkylation sites (tertiary alicyclic amines) is 1. The number of hydrogen-bond donors (Lipinski definition) is 1. The van der Waals surface area contributed by atoms with E-state index in [-0.39, 0.29) is 6.54 Å². The molecule has 0 bridgehead atoms. The molecule has 0 saturated carbocycles. The number of carbonyl (C=O) groups excluding carboxylic acids is 1. The quantitative estimate of drug-likeness (QED) is 0.841. The molecule has 1 fully saturated rings. The largest absolute Gasteiger partial charge is 0.508 e. The number of piperidine rings is 1. The smallest absolute Gasteiger partial charge is 0.417 e. The van der Waals surface area contributed by atoms with Crippen molar-refractivity contribution in [3.8, 4) is 11.6 Å². The first-order valence-corrected chi connectivity index (χ1v) is 8.59. The van der Waals surface area contributed by atoms with Crippen LogP contribution in [0.25, 0.3) is 0 Å². The number of aromatic nitrogens is 1. The third-order valence-corrected chi connectivity index (χ3v) is 4.42. The van der Waals surface area contributed by atoms with Crippen LogP contribution in [-0.4, -0.2) is 40.1 Å². The molecule has 1 aromatic carbocycles. The van der Waals surface area contributed by atoms with Gasteiger partial charge in [0.15, 0.2) is 0 Å². The SMILES string of the molecule is O=C(c1cc(O)ccc1C(F)(F)F)N1CCCC(Oc2ccc(Cl)cn2)C1. The van der Waals surface area contributed by atoms with Crippen LogP contribution in [0.15, 0.2) is 36.5 Å². The Hall–Kier alpha value is -2.48. The monoisotopic (exact) mass is 400 g/mol. The normalized spacial score (nSPS) is 17.6. The van der Waals surface area contributed by atoms with E-state index < -0.39 is 35.1 Å². The van der Waals surface area contributed by atoms with Crippen LogP contribution in [-0.2, 0) is 6.18 Å². The lowest BCUT2D eigenvalue weighted by molar-refractivity contribution is -0.138. The van der Waals surface area contributed by atoms with E-state index in [0.29, 0.717) is 36.4 Å². The number of aromatic hydroxyl groups is 1. The van der Waals surface area contributed by atoms with Crippen LogP contribution >= 0.6 is 11.6 Å². The molecule has 2 heterocycles. The highest BCUT2D eigenvalue weighted by molar-refractivity contribution is 6.30. The first-order chi connectivity index (χ1) is 12.7. The number of alkyl halides is 3. The van der Waals surface area contributed by atoms with Gasteiger partial charge >= 0.3 is 6.18 Å². The third-order valence-electron chi connectivity index (χ3n) is 4.19. The van der Waals surface area contributed by atoms with E-state index in [0.717, 1.165) is 12.1 Å². The summed E-state index contributed by atoms with van der Waals surface area (Å²) in [6, 6.07) is 5.65. The van der Waals surface area contributed by atoms with Crippen LogP contribution in [0.5, 0.6) is 11.6 Å². The van der Waals surface area contributed by atoms with Crippen LogP contribution in [0, 0.1) is 0 Å². The minimum atomic E-state index is -4.70. The van der Waals surface area contributed by atoms with Gasteiger partial charge in [-0.25, -0.2) is 4.98 Å². The highest BCUT2D eigenvalue weighted by Crippen LogP contribution is 2.34. The zero-order chi connectivity index (χ0) is 19.6. The molecule has 1 atom stereocenters. The van der Waals surface area contributed by atoms with Crippen molar-refractivity contribution >= 4 is 17.5 Å². The fourth-order valence-electron chi connectivity index (χ4n) is 2.95. The summed E-state index contributed by atoms with van der Waals surface area (Å²) in [6.45, 7) is 0.426. The number of halogens is 4. The molecule has 9 heteroatoms. The van der Waals surface area contributed by atoms with Crippen molar-refractivity contribution in [3.05, 3.63) is 52.7 Å². The molecule has 1 aliphatic rings. The summed E-state index contributed by atoms with van der Waals surface area (Å²) < 4.78 is 45.3. The Morgan fingerprint density at radius 3 is 2.74 bits per heavy atom.